The zero-order chi connectivity index (χ0) is 15.3. The molecule has 1 amide bonds. The molecule has 20 heavy (non-hydrogen) atoms. The fourth-order valence-electron chi connectivity index (χ4n) is 1.46. The molecule has 1 rings (SSSR count). The van der Waals surface area contributed by atoms with Crippen LogP contribution in [-0.2, 0) is 9.59 Å². The first kappa shape index (κ1) is 17.0. The van der Waals surface area contributed by atoms with Crippen LogP contribution in [0.15, 0.2) is 27.1 Å². The first-order chi connectivity index (χ1) is 9.31. The Bertz CT molecular complexity index is 505. The van der Waals surface area contributed by atoms with E-state index in [0.717, 1.165) is 4.47 Å². The van der Waals surface area contributed by atoms with Crippen LogP contribution >= 0.6 is 31.9 Å². The highest BCUT2D eigenvalue weighted by molar-refractivity contribution is 9.11. The smallest absolute Gasteiger partial charge is 0.326 e. The molecule has 0 saturated carbocycles. The van der Waals surface area contributed by atoms with Gasteiger partial charge in [0, 0.05) is 4.47 Å². The van der Waals surface area contributed by atoms with Crippen molar-refractivity contribution in [3.05, 3.63) is 27.1 Å². The molecule has 0 spiro atoms. The van der Waals surface area contributed by atoms with E-state index in [9.17, 15) is 9.59 Å². The van der Waals surface area contributed by atoms with Crippen molar-refractivity contribution in [3.63, 3.8) is 0 Å². The summed E-state index contributed by atoms with van der Waals surface area (Å²) in [6.07, 6.45) is 0. The molecule has 0 aliphatic rings. The highest BCUT2D eigenvalue weighted by atomic mass is 79.9. The Morgan fingerprint density at radius 3 is 2.50 bits per heavy atom. The number of ether oxygens (including phenoxy) is 1. The monoisotopic (exact) mass is 407 g/mol. The van der Waals surface area contributed by atoms with Crippen molar-refractivity contribution in [3.8, 4) is 5.75 Å². The lowest BCUT2D eigenvalue weighted by atomic mass is 10.1. The molecule has 5 nitrogen and oxygen atoms in total. The molecular formula is C13H15Br2NO4. The van der Waals surface area contributed by atoms with E-state index in [-0.39, 0.29) is 12.5 Å². The maximum atomic E-state index is 11.7. The quantitative estimate of drug-likeness (QED) is 0.758. The van der Waals surface area contributed by atoms with Gasteiger partial charge in [0.05, 0.1) is 4.47 Å². The predicted molar refractivity (Wildman–Crippen MR) is 81.7 cm³/mol. The summed E-state index contributed by atoms with van der Waals surface area (Å²) in [4.78, 5) is 22.7. The minimum Gasteiger partial charge on any atom is -0.483 e. The number of carbonyl (C=O) groups excluding carboxylic acids is 1. The fourth-order valence-corrected chi connectivity index (χ4v) is 2.63. The Balaban J connectivity index is 2.57. The molecule has 0 heterocycles. The molecule has 0 aliphatic heterocycles. The zero-order valence-corrected chi connectivity index (χ0v) is 14.2. The van der Waals surface area contributed by atoms with Crippen molar-refractivity contribution >= 4 is 43.7 Å². The second-order valence-corrected chi connectivity index (χ2v) is 6.26. The van der Waals surface area contributed by atoms with Crippen LogP contribution in [0, 0.1) is 5.92 Å². The van der Waals surface area contributed by atoms with Crippen molar-refractivity contribution in [2.24, 2.45) is 5.92 Å². The van der Waals surface area contributed by atoms with Crippen molar-refractivity contribution < 1.29 is 19.4 Å². The van der Waals surface area contributed by atoms with Crippen LogP contribution < -0.4 is 10.1 Å². The van der Waals surface area contributed by atoms with Gasteiger partial charge in [-0.05, 0) is 40.0 Å². The Labute approximate surface area is 134 Å². The number of amides is 1. The maximum absolute atomic E-state index is 11.7. The van der Waals surface area contributed by atoms with Crippen LogP contribution in [0.25, 0.3) is 0 Å². The molecule has 1 aromatic carbocycles. The second kappa shape index (κ2) is 7.64. The maximum Gasteiger partial charge on any atom is 0.326 e. The topological polar surface area (TPSA) is 75.6 Å². The number of nitrogens with one attached hydrogen (secondary N) is 1. The highest BCUT2D eigenvalue weighted by Gasteiger charge is 2.23. The lowest BCUT2D eigenvalue weighted by molar-refractivity contribution is -0.143. The molecule has 2 N–H and O–H groups in total. The summed E-state index contributed by atoms with van der Waals surface area (Å²) in [5.41, 5.74) is 0. The van der Waals surface area contributed by atoms with Gasteiger partial charge >= 0.3 is 5.97 Å². The van der Waals surface area contributed by atoms with E-state index in [1.54, 1.807) is 32.0 Å². The van der Waals surface area contributed by atoms with E-state index in [2.05, 4.69) is 37.2 Å². The largest absolute Gasteiger partial charge is 0.483 e. The van der Waals surface area contributed by atoms with E-state index in [1.165, 1.54) is 0 Å². The van der Waals surface area contributed by atoms with E-state index in [0.29, 0.717) is 10.2 Å². The standard InChI is InChI=1S/C13H15Br2NO4/c1-7(2)12(13(18)19)16-11(17)6-20-10-4-3-8(14)5-9(10)15/h3-5,7,12H,6H2,1-2H3,(H,16,17)(H,18,19). The van der Waals surface area contributed by atoms with Gasteiger partial charge in [-0.15, -0.1) is 0 Å². The van der Waals surface area contributed by atoms with Crippen LogP contribution in [0.2, 0.25) is 0 Å². The summed E-state index contributed by atoms with van der Waals surface area (Å²) in [7, 11) is 0. The summed E-state index contributed by atoms with van der Waals surface area (Å²) in [5, 5.41) is 11.4. The number of carbonyl (C=O) groups is 2. The Hall–Kier alpha value is -1.08. The lowest BCUT2D eigenvalue weighted by Crippen LogP contribution is -2.46. The minimum atomic E-state index is -1.06. The molecule has 1 unspecified atom stereocenters. The summed E-state index contributed by atoms with van der Waals surface area (Å²) in [5.74, 6) is -1.21. The van der Waals surface area contributed by atoms with Crippen LogP contribution in [-0.4, -0.2) is 29.6 Å². The van der Waals surface area contributed by atoms with Gasteiger partial charge in [-0.25, -0.2) is 4.79 Å². The molecule has 0 aromatic heterocycles. The van der Waals surface area contributed by atoms with E-state index < -0.39 is 17.9 Å². The third-order valence-corrected chi connectivity index (χ3v) is 3.61. The minimum absolute atomic E-state index is 0.198. The Morgan fingerprint density at radius 1 is 1.35 bits per heavy atom. The van der Waals surface area contributed by atoms with Crippen LogP contribution in [0.1, 0.15) is 13.8 Å². The molecule has 110 valence electrons. The molecule has 0 fully saturated rings. The van der Waals surface area contributed by atoms with Crippen LogP contribution in [0.5, 0.6) is 5.75 Å². The van der Waals surface area contributed by atoms with Crippen molar-refractivity contribution in [1.29, 1.82) is 0 Å². The van der Waals surface area contributed by atoms with Crippen LogP contribution in [0.3, 0.4) is 0 Å². The van der Waals surface area contributed by atoms with Crippen molar-refractivity contribution in [2.45, 2.75) is 19.9 Å². The first-order valence-electron chi connectivity index (χ1n) is 5.91. The third kappa shape index (κ3) is 5.13. The van der Waals surface area contributed by atoms with Gasteiger partial charge in [0.2, 0.25) is 0 Å². The fraction of sp³-hybridized carbons (Fsp3) is 0.385. The molecule has 7 heteroatoms. The van der Waals surface area contributed by atoms with Crippen LogP contribution in [0.4, 0.5) is 0 Å². The van der Waals surface area contributed by atoms with Gasteiger partial charge in [-0.2, -0.15) is 0 Å². The van der Waals surface area contributed by atoms with Gasteiger partial charge in [0.15, 0.2) is 6.61 Å². The molecule has 1 atom stereocenters. The molecule has 0 aliphatic carbocycles. The van der Waals surface area contributed by atoms with E-state index >= 15 is 0 Å². The molecule has 1 aromatic rings. The Kier molecular flexibility index (Phi) is 6.48. The average molecular weight is 409 g/mol. The van der Waals surface area contributed by atoms with Gasteiger partial charge in [0.25, 0.3) is 5.91 Å². The number of hydrogen-bond acceptors (Lipinski definition) is 3. The summed E-state index contributed by atoms with van der Waals surface area (Å²) in [6.45, 7) is 3.22. The average Bonchev–Trinajstić information content (AvgIpc) is 2.34. The zero-order valence-electron chi connectivity index (χ0n) is 11.0. The van der Waals surface area contributed by atoms with E-state index in [4.69, 9.17) is 9.84 Å². The SMILES string of the molecule is CC(C)C(NC(=O)COc1ccc(Br)cc1Br)C(=O)O. The lowest BCUT2D eigenvalue weighted by Gasteiger charge is -2.18. The first-order valence-corrected chi connectivity index (χ1v) is 7.50. The molecule has 0 radical (unpaired) electrons. The number of hydrogen-bond donors (Lipinski definition) is 2. The van der Waals surface area contributed by atoms with Gasteiger partial charge in [-0.3, -0.25) is 4.79 Å². The number of carboxylic acids is 1. The van der Waals surface area contributed by atoms with Crippen molar-refractivity contribution in [1.82, 2.24) is 5.32 Å². The summed E-state index contributed by atoms with van der Waals surface area (Å²) < 4.78 is 6.93. The van der Waals surface area contributed by atoms with Gasteiger partial charge in [0.1, 0.15) is 11.8 Å². The van der Waals surface area contributed by atoms with Gasteiger partial charge in [-0.1, -0.05) is 29.8 Å². The predicted octanol–water partition coefficient (Wildman–Crippen LogP) is 2.82. The normalized spacial score (nSPS) is 12.1. The number of aliphatic carboxylic acids is 1. The molecule has 0 bridgehead atoms. The van der Waals surface area contributed by atoms with E-state index in [1.807, 2.05) is 0 Å². The summed E-state index contributed by atoms with van der Waals surface area (Å²) in [6, 6.07) is 4.37. The Morgan fingerprint density at radius 2 is 2.00 bits per heavy atom. The van der Waals surface area contributed by atoms with Gasteiger partial charge < -0.3 is 15.2 Å². The third-order valence-electron chi connectivity index (χ3n) is 2.50. The highest BCUT2D eigenvalue weighted by Crippen LogP contribution is 2.28. The molecular weight excluding hydrogens is 394 g/mol. The number of benzene rings is 1. The number of halogens is 2. The number of rotatable bonds is 6. The number of carboxylic acid groups (broad SMARTS) is 1. The second-order valence-electron chi connectivity index (χ2n) is 4.49. The summed E-state index contributed by atoms with van der Waals surface area (Å²) >= 11 is 6.62. The van der Waals surface area contributed by atoms with Crippen molar-refractivity contribution in [2.75, 3.05) is 6.61 Å². The molecule has 0 saturated heterocycles.